The molecule has 0 heterocycles. The summed E-state index contributed by atoms with van der Waals surface area (Å²) in [6.45, 7) is 4.63. The molecular formula is C16H26N2O6S. The molecule has 1 aromatic carbocycles. The number of rotatable bonds is 9. The van der Waals surface area contributed by atoms with E-state index in [0.717, 1.165) is 0 Å². The van der Waals surface area contributed by atoms with E-state index in [1.54, 1.807) is 13.8 Å². The lowest BCUT2D eigenvalue weighted by Crippen LogP contribution is -2.46. The van der Waals surface area contributed by atoms with Crippen molar-refractivity contribution in [3.8, 4) is 5.75 Å². The highest BCUT2D eigenvalue weighted by molar-refractivity contribution is 7.92. The van der Waals surface area contributed by atoms with Crippen LogP contribution in [0.1, 0.15) is 27.2 Å². The zero-order valence-electron chi connectivity index (χ0n) is 14.8. The number of aliphatic hydroxyl groups excluding tert-OH is 1. The van der Waals surface area contributed by atoms with E-state index in [4.69, 9.17) is 4.74 Å². The highest BCUT2D eigenvalue weighted by Gasteiger charge is 2.26. The molecule has 0 bridgehead atoms. The van der Waals surface area contributed by atoms with Gasteiger partial charge < -0.3 is 9.84 Å². The van der Waals surface area contributed by atoms with Crippen molar-refractivity contribution in [1.82, 2.24) is 10.6 Å². The molecule has 0 fully saturated rings. The topological polar surface area (TPSA) is 116 Å². The second-order valence-corrected chi connectivity index (χ2v) is 8.53. The van der Waals surface area contributed by atoms with Crippen LogP contribution in [0.15, 0.2) is 29.2 Å². The van der Waals surface area contributed by atoms with Gasteiger partial charge in [0, 0.05) is 0 Å². The molecule has 1 unspecified atom stereocenters. The molecule has 3 N–H and O–H groups in total. The van der Waals surface area contributed by atoms with Crippen LogP contribution in [-0.4, -0.2) is 54.8 Å². The van der Waals surface area contributed by atoms with Crippen molar-refractivity contribution in [2.24, 2.45) is 5.92 Å². The van der Waals surface area contributed by atoms with E-state index in [1.807, 2.05) is 0 Å². The molecule has 8 nitrogen and oxygen atoms in total. The summed E-state index contributed by atoms with van der Waals surface area (Å²) in [5, 5.41) is 18.9. The zero-order valence-corrected chi connectivity index (χ0v) is 15.7. The number of methoxy groups -OCH3 is 1. The summed E-state index contributed by atoms with van der Waals surface area (Å²) in [6.07, 6.45) is -1.03. The van der Waals surface area contributed by atoms with Crippen molar-refractivity contribution in [1.29, 1.82) is 0 Å². The van der Waals surface area contributed by atoms with Crippen LogP contribution in [0.2, 0.25) is 0 Å². The molecule has 2 atom stereocenters. The fraction of sp³-hybridized carbons (Fsp3) is 0.562. The number of hydroxylamine groups is 1. The lowest BCUT2D eigenvalue weighted by molar-refractivity contribution is -0.162. The highest BCUT2D eigenvalue weighted by atomic mass is 32.2. The fourth-order valence-electron chi connectivity index (χ4n) is 2.00. The SMILES string of the molecule is COc1ccc(S(=O)(=O)[C@H](C)CN(O)NC(=O)CC(O)C(C)C)cc1. The van der Waals surface area contributed by atoms with Gasteiger partial charge in [-0.15, -0.1) is 5.17 Å². The Bertz CT molecular complexity index is 660. The van der Waals surface area contributed by atoms with Gasteiger partial charge in [0.1, 0.15) is 5.75 Å². The van der Waals surface area contributed by atoms with Gasteiger partial charge in [-0.3, -0.25) is 15.4 Å². The van der Waals surface area contributed by atoms with Crippen molar-refractivity contribution < 1.29 is 28.3 Å². The van der Waals surface area contributed by atoms with E-state index in [2.05, 4.69) is 5.43 Å². The van der Waals surface area contributed by atoms with Gasteiger partial charge in [0.2, 0.25) is 5.91 Å². The molecule has 142 valence electrons. The number of hydrogen-bond acceptors (Lipinski definition) is 7. The molecule has 0 aliphatic carbocycles. The van der Waals surface area contributed by atoms with E-state index in [-0.39, 0.29) is 23.8 Å². The summed E-state index contributed by atoms with van der Waals surface area (Å²) in [6, 6.07) is 5.91. The molecule has 0 saturated carbocycles. The molecule has 1 amide bonds. The first-order valence-corrected chi connectivity index (χ1v) is 9.44. The summed E-state index contributed by atoms with van der Waals surface area (Å²) in [4.78, 5) is 11.8. The first-order valence-electron chi connectivity index (χ1n) is 7.89. The van der Waals surface area contributed by atoms with Crippen molar-refractivity contribution in [3.63, 3.8) is 0 Å². The predicted octanol–water partition coefficient (Wildman–Crippen LogP) is 0.987. The van der Waals surface area contributed by atoms with Gasteiger partial charge in [-0.25, -0.2) is 8.42 Å². The number of hydrogen-bond donors (Lipinski definition) is 3. The number of nitrogens with zero attached hydrogens (tertiary/aromatic N) is 1. The van der Waals surface area contributed by atoms with E-state index in [1.165, 1.54) is 38.3 Å². The molecule has 0 aliphatic heterocycles. The zero-order chi connectivity index (χ0) is 19.2. The van der Waals surface area contributed by atoms with E-state index >= 15 is 0 Å². The standard InChI is InChI=1S/C16H26N2O6S/c1-11(2)15(19)9-16(20)17-18(21)10-12(3)25(22,23)14-7-5-13(24-4)6-8-14/h5-8,11-12,15,19,21H,9-10H2,1-4H3,(H,17,20)/t12-,15?/m1/s1. The van der Waals surface area contributed by atoms with Crippen LogP contribution < -0.4 is 10.2 Å². The number of nitrogens with one attached hydrogen (secondary N) is 1. The van der Waals surface area contributed by atoms with Crippen LogP contribution in [0.3, 0.4) is 0 Å². The smallest absolute Gasteiger partial charge is 0.238 e. The van der Waals surface area contributed by atoms with Gasteiger partial charge >= 0.3 is 0 Å². The number of benzene rings is 1. The third-order valence-electron chi connectivity index (χ3n) is 3.77. The largest absolute Gasteiger partial charge is 0.497 e. The molecule has 9 heteroatoms. The Kier molecular flexibility index (Phi) is 7.81. The Morgan fingerprint density at radius 3 is 2.28 bits per heavy atom. The first-order chi connectivity index (χ1) is 11.6. The Labute approximate surface area is 148 Å². The molecular weight excluding hydrogens is 348 g/mol. The van der Waals surface area contributed by atoms with Crippen molar-refractivity contribution in [2.75, 3.05) is 13.7 Å². The molecule has 0 spiro atoms. The quantitative estimate of drug-likeness (QED) is 0.552. The van der Waals surface area contributed by atoms with Crippen LogP contribution >= 0.6 is 0 Å². The molecule has 25 heavy (non-hydrogen) atoms. The molecule has 0 aliphatic rings. The maximum atomic E-state index is 12.5. The lowest BCUT2D eigenvalue weighted by atomic mass is 10.0. The maximum Gasteiger partial charge on any atom is 0.238 e. The number of sulfone groups is 1. The van der Waals surface area contributed by atoms with Crippen LogP contribution in [0.4, 0.5) is 0 Å². The van der Waals surface area contributed by atoms with Crippen LogP contribution in [0, 0.1) is 5.92 Å². The first kappa shape index (κ1) is 21.4. The van der Waals surface area contributed by atoms with Crippen LogP contribution in [0.5, 0.6) is 5.75 Å². The average molecular weight is 374 g/mol. The van der Waals surface area contributed by atoms with Gasteiger partial charge in [-0.2, -0.15) is 0 Å². The lowest BCUT2D eigenvalue weighted by Gasteiger charge is -2.21. The average Bonchev–Trinajstić information content (AvgIpc) is 2.54. The second kappa shape index (κ2) is 9.14. The molecule has 1 rings (SSSR count). The second-order valence-electron chi connectivity index (χ2n) is 6.16. The predicted molar refractivity (Wildman–Crippen MR) is 91.7 cm³/mol. The monoisotopic (exact) mass is 374 g/mol. The third kappa shape index (κ3) is 6.28. The number of hydrazine groups is 1. The van der Waals surface area contributed by atoms with Gasteiger partial charge in [0.25, 0.3) is 0 Å². The van der Waals surface area contributed by atoms with Crippen molar-refractivity contribution in [3.05, 3.63) is 24.3 Å². The summed E-state index contributed by atoms with van der Waals surface area (Å²) in [5.74, 6) is -0.170. The number of carbonyl (C=O) groups excluding carboxylic acids is 1. The molecule has 0 saturated heterocycles. The summed E-state index contributed by atoms with van der Waals surface area (Å²) in [7, 11) is -2.21. The normalized spacial score (nSPS) is 14.4. The minimum absolute atomic E-state index is 0.0933. The fourth-order valence-corrected chi connectivity index (χ4v) is 3.32. The summed E-state index contributed by atoms with van der Waals surface area (Å²) < 4.78 is 30.0. The van der Waals surface area contributed by atoms with E-state index in [0.29, 0.717) is 10.9 Å². The maximum absolute atomic E-state index is 12.5. The Balaban J connectivity index is 2.66. The van der Waals surface area contributed by atoms with Gasteiger partial charge in [-0.05, 0) is 37.1 Å². The van der Waals surface area contributed by atoms with Crippen molar-refractivity contribution >= 4 is 15.7 Å². The molecule has 0 aromatic heterocycles. The summed E-state index contributed by atoms with van der Waals surface area (Å²) in [5.41, 5.74) is 2.14. The van der Waals surface area contributed by atoms with E-state index in [9.17, 15) is 23.5 Å². The Morgan fingerprint density at radius 1 is 1.24 bits per heavy atom. The number of aliphatic hydroxyl groups is 1. The van der Waals surface area contributed by atoms with Crippen LogP contribution in [-0.2, 0) is 14.6 Å². The molecule has 0 radical (unpaired) electrons. The molecule has 1 aromatic rings. The van der Waals surface area contributed by atoms with Gasteiger partial charge in [0.15, 0.2) is 9.84 Å². The third-order valence-corrected chi connectivity index (χ3v) is 5.90. The Hall–Kier alpha value is -1.68. The number of carbonyl (C=O) groups is 1. The van der Waals surface area contributed by atoms with Gasteiger partial charge in [0.05, 0.1) is 36.3 Å². The van der Waals surface area contributed by atoms with Crippen LogP contribution in [0.25, 0.3) is 0 Å². The minimum atomic E-state index is -3.69. The van der Waals surface area contributed by atoms with Crippen molar-refractivity contribution in [2.45, 2.75) is 43.4 Å². The number of amides is 1. The Morgan fingerprint density at radius 2 is 1.80 bits per heavy atom. The highest BCUT2D eigenvalue weighted by Crippen LogP contribution is 2.20. The number of ether oxygens (including phenoxy) is 1. The summed E-state index contributed by atoms with van der Waals surface area (Å²) >= 11 is 0. The minimum Gasteiger partial charge on any atom is -0.497 e. The van der Waals surface area contributed by atoms with E-state index < -0.39 is 27.1 Å². The van der Waals surface area contributed by atoms with Gasteiger partial charge in [-0.1, -0.05) is 13.8 Å².